The summed E-state index contributed by atoms with van der Waals surface area (Å²) in [6.07, 6.45) is 0. The van der Waals surface area contributed by atoms with Crippen molar-refractivity contribution in [1.82, 2.24) is 5.32 Å². The van der Waals surface area contributed by atoms with Crippen LogP contribution in [0.25, 0.3) is 0 Å². The van der Waals surface area contributed by atoms with Gasteiger partial charge in [0.15, 0.2) is 5.11 Å². The average molecular weight is 370 g/mol. The summed E-state index contributed by atoms with van der Waals surface area (Å²) in [4.78, 5) is 14.5. The van der Waals surface area contributed by atoms with Gasteiger partial charge in [-0.25, -0.2) is 9.18 Å². The number of halogens is 1. The van der Waals surface area contributed by atoms with Crippen LogP contribution in [-0.4, -0.2) is 17.7 Å². The molecular formula is C20H19FN2O2S. The zero-order valence-electron chi connectivity index (χ0n) is 14.5. The second kappa shape index (κ2) is 7.66. The number of hydrogen-bond acceptors (Lipinski definition) is 3. The molecule has 0 aliphatic carbocycles. The van der Waals surface area contributed by atoms with Crippen molar-refractivity contribution >= 4 is 29.0 Å². The topological polar surface area (TPSA) is 41.6 Å². The van der Waals surface area contributed by atoms with E-state index in [4.69, 9.17) is 17.0 Å². The van der Waals surface area contributed by atoms with Gasteiger partial charge in [0, 0.05) is 11.4 Å². The molecule has 0 unspecified atom stereocenters. The van der Waals surface area contributed by atoms with Crippen LogP contribution in [0.1, 0.15) is 25.5 Å². The Balaban J connectivity index is 2.13. The van der Waals surface area contributed by atoms with E-state index < -0.39 is 12.0 Å². The smallest absolute Gasteiger partial charge is 0.338 e. The largest absolute Gasteiger partial charge is 0.463 e. The van der Waals surface area contributed by atoms with E-state index in [0.717, 1.165) is 5.69 Å². The highest BCUT2D eigenvalue weighted by Crippen LogP contribution is 2.34. The van der Waals surface area contributed by atoms with Crippen molar-refractivity contribution in [3.05, 3.63) is 77.2 Å². The van der Waals surface area contributed by atoms with Crippen molar-refractivity contribution in [2.45, 2.75) is 19.9 Å². The molecule has 1 atom stereocenters. The predicted octanol–water partition coefficient (Wildman–Crippen LogP) is 4.10. The Morgan fingerprint density at radius 3 is 2.62 bits per heavy atom. The van der Waals surface area contributed by atoms with E-state index in [1.807, 2.05) is 37.3 Å². The van der Waals surface area contributed by atoms with Crippen LogP contribution < -0.4 is 10.2 Å². The van der Waals surface area contributed by atoms with Crippen molar-refractivity contribution in [2.24, 2.45) is 0 Å². The Bertz CT molecular complexity index is 867. The van der Waals surface area contributed by atoms with Crippen molar-refractivity contribution < 1.29 is 13.9 Å². The molecule has 1 N–H and O–H groups in total. The first-order valence-corrected chi connectivity index (χ1v) is 8.72. The standard InChI is InChI=1S/C20H19FN2O2S/c1-3-25-19(24)17-13(2)23(16-10-5-4-6-11-16)20(26)22-18(17)14-8-7-9-15(21)12-14/h4-12,18H,3H2,1-2H3,(H,22,26)/t18-/m0/s1. The molecule has 26 heavy (non-hydrogen) atoms. The number of carbonyl (C=O) groups is 1. The van der Waals surface area contributed by atoms with Crippen molar-refractivity contribution in [3.63, 3.8) is 0 Å². The second-order valence-electron chi connectivity index (χ2n) is 5.83. The third-order valence-corrected chi connectivity index (χ3v) is 4.48. The number of thiocarbonyl (C=S) groups is 1. The Kier molecular flexibility index (Phi) is 5.32. The molecule has 0 saturated carbocycles. The van der Waals surface area contributed by atoms with Crippen LogP contribution in [0.2, 0.25) is 0 Å². The molecule has 0 saturated heterocycles. The molecule has 1 aliphatic heterocycles. The van der Waals surface area contributed by atoms with E-state index in [0.29, 0.717) is 21.9 Å². The fourth-order valence-corrected chi connectivity index (χ4v) is 3.40. The van der Waals surface area contributed by atoms with Gasteiger partial charge in [0.1, 0.15) is 5.82 Å². The minimum atomic E-state index is -0.572. The maximum absolute atomic E-state index is 13.7. The third kappa shape index (κ3) is 3.46. The van der Waals surface area contributed by atoms with E-state index in [1.165, 1.54) is 12.1 Å². The minimum absolute atomic E-state index is 0.251. The van der Waals surface area contributed by atoms with E-state index in [1.54, 1.807) is 24.0 Å². The van der Waals surface area contributed by atoms with E-state index in [-0.39, 0.29) is 12.4 Å². The first-order valence-electron chi connectivity index (χ1n) is 8.32. The molecule has 0 radical (unpaired) electrons. The number of anilines is 1. The highest BCUT2D eigenvalue weighted by Gasteiger charge is 2.35. The van der Waals surface area contributed by atoms with Crippen LogP contribution in [0.5, 0.6) is 0 Å². The van der Waals surface area contributed by atoms with Gasteiger partial charge in [0.25, 0.3) is 0 Å². The molecular weight excluding hydrogens is 351 g/mol. The van der Waals surface area contributed by atoms with E-state index in [2.05, 4.69) is 5.32 Å². The Morgan fingerprint density at radius 2 is 1.96 bits per heavy atom. The van der Waals surface area contributed by atoms with Crippen molar-refractivity contribution in [3.8, 4) is 0 Å². The molecule has 4 nitrogen and oxygen atoms in total. The van der Waals surface area contributed by atoms with E-state index in [9.17, 15) is 9.18 Å². The number of para-hydroxylation sites is 1. The molecule has 1 aliphatic rings. The molecule has 6 heteroatoms. The summed E-state index contributed by atoms with van der Waals surface area (Å²) >= 11 is 5.54. The van der Waals surface area contributed by atoms with Gasteiger partial charge in [-0.3, -0.25) is 4.90 Å². The van der Waals surface area contributed by atoms with Crippen molar-refractivity contribution in [1.29, 1.82) is 0 Å². The molecule has 0 spiro atoms. The SMILES string of the molecule is CCOC(=O)C1=C(C)N(c2ccccc2)C(=S)N[C@H]1c1cccc(F)c1. The van der Waals surface area contributed by atoms with Gasteiger partial charge in [-0.1, -0.05) is 30.3 Å². The van der Waals surface area contributed by atoms with Gasteiger partial charge in [0.05, 0.1) is 18.2 Å². The quantitative estimate of drug-likeness (QED) is 0.648. The maximum atomic E-state index is 13.7. The van der Waals surface area contributed by atoms with Crippen LogP contribution in [0.4, 0.5) is 10.1 Å². The van der Waals surface area contributed by atoms with Crippen LogP contribution in [0.3, 0.4) is 0 Å². The number of rotatable bonds is 4. The van der Waals surface area contributed by atoms with Gasteiger partial charge in [0.2, 0.25) is 0 Å². The van der Waals surface area contributed by atoms with Gasteiger partial charge < -0.3 is 10.1 Å². The number of carbonyl (C=O) groups excluding carboxylic acids is 1. The van der Waals surface area contributed by atoms with Gasteiger partial charge in [-0.05, 0) is 55.9 Å². The van der Waals surface area contributed by atoms with Gasteiger partial charge >= 0.3 is 5.97 Å². The monoisotopic (exact) mass is 370 g/mol. The molecule has 1 heterocycles. The lowest BCUT2D eigenvalue weighted by Crippen LogP contribution is -2.48. The van der Waals surface area contributed by atoms with Crippen molar-refractivity contribution in [2.75, 3.05) is 11.5 Å². The van der Waals surface area contributed by atoms with Crippen LogP contribution >= 0.6 is 12.2 Å². The third-order valence-electron chi connectivity index (χ3n) is 4.18. The highest BCUT2D eigenvalue weighted by atomic mass is 32.1. The maximum Gasteiger partial charge on any atom is 0.338 e. The number of nitrogens with zero attached hydrogens (tertiary/aromatic N) is 1. The predicted molar refractivity (Wildman–Crippen MR) is 103 cm³/mol. The van der Waals surface area contributed by atoms with E-state index >= 15 is 0 Å². The molecule has 0 fully saturated rings. The van der Waals surface area contributed by atoms with Crippen LogP contribution in [-0.2, 0) is 9.53 Å². The molecule has 0 amide bonds. The first-order chi connectivity index (χ1) is 12.5. The zero-order chi connectivity index (χ0) is 18.7. The Morgan fingerprint density at radius 1 is 1.23 bits per heavy atom. The Hall–Kier alpha value is -2.73. The molecule has 2 aromatic carbocycles. The fourth-order valence-electron chi connectivity index (χ4n) is 3.04. The number of hydrogen-bond donors (Lipinski definition) is 1. The van der Waals surface area contributed by atoms with Gasteiger partial charge in [-0.15, -0.1) is 0 Å². The summed E-state index contributed by atoms with van der Waals surface area (Å²) in [5.74, 6) is -0.822. The number of esters is 1. The number of benzene rings is 2. The van der Waals surface area contributed by atoms with Crippen LogP contribution in [0, 0.1) is 5.82 Å². The molecule has 2 aromatic rings. The summed E-state index contributed by atoms with van der Waals surface area (Å²) in [5, 5.41) is 3.60. The summed E-state index contributed by atoms with van der Waals surface area (Å²) < 4.78 is 19.0. The normalized spacial score (nSPS) is 17.1. The lowest BCUT2D eigenvalue weighted by molar-refractivity contribution is -0.139. The Labute approximate surface area is 157 Å². The lowest BCUT2D eigenvalue weighted by atomic mass is 9.94. The first kappa shape index (κ1) is 18.1. The summed E-state index contributed by atoms with van der Waals surface area (Å²) in [5.41, 5.74) is 2.52. The number of nitrogens with one attached hydrogen (secondary N) is 1. The van der Waals surface area contributed by atoms with Crippen LogP contribution in [0.15, 0.2) is 65.9 Å². The molecule has 3 rings (SSSR count). The molecule has 0 aromatic heterocycles. The second-order valence-corrected chi connectivity index (χ2v) is 6.21. The molecule has 0 bridgehead atoms. The lowest BCUT2D eigenvalue weighted by Gasteiger charge is -2.37. The number of ether oxygens (including phenoxy) is 1. The zero-order valence-corrected chi connectivity index (χ0v) is 15.3. The molecule has 134 valence electrons. The number of allylic oxidation sites excluding steroid dienone is 1. The fraction of sp³-hybridized carbons (Fsp3) is 0.200. The minimum Gasteiger partial charge on any atom is -0.463 e. The van der Waals surface area contributed by atoms with Gasteiger partial charge in [-0.2, -0.15) is 0 Å². The summed E-state index contributed by atoms with van der Waals surface area (Å²) in [6, 6.07) is 15.1. The average Bonchev–Trinajstić information content (AvgIpc) is 2.62. The summed E-state index contributed by atoms with van der Waals surface area (Å²) in [7, 11) is 0. The summed E-state index contributed by atoms with van der Waals surface area (Å²) in [6.45, 7) is 3.82. The highest BCUT2D eigenvalue weighted by molar-refractivity contribution is 7.80.